The van der Waals surface area contributed by atoms with Crippen molar-refractivity contribution in [2.45, 2.75) is 44.6 Å². The Morgan fingerprint density at radius 1 is 1.28 bits per heavy atom. The number of likely N-dealkylation sites (tertiary alicyclic amines) is 1. The lowest BCUT2D eigenvalue weighted by atomic mass is 9.91. The van der Waals surface area contributed by atoms with E-state index < -0.39 is 5.60 Å². The Balaban J connectivity index is 1.33. The molecule has 1 aromatic carbocycles. The zero-order valence-electron chi connectivity index (χ0n) is 17.0. The maximum absolute atomic E-state index is 12.2. The normalized spacial score (nSPS) is 19.7. The van der Waals surface area contributed by atoms with Crippen LogP contribution in [0.4, 0.5) is 10.8 Å². The van der Waals surface area contributed by atoms with Crippen molar-refractivity contribution in [1.29, 1.82) is 5.26 Å². The van der Waals surface area contributed by atoms with Crippen LogP contribution in [-0.2, 0) is 4.74 Å². The average molecular weight is 395 g/mol. The van der Waals surface area contributed by atoms with Crippen LogP contribution in [0.2, 0.25) is 0 Å². The predicted molar refractivity (Wildman–Crippen MR) is 106 cm³/mol. The molecular formula is C21H25N5O3. The van der Waals surface area contributed by atoms with Gasteiger partial charge in [0.25, 0.3) is 0 Å². The third-order valence-corrected chi connectivity index (χ3v) is 5.28. The van der Waals surface area contributed by atoms with E-state index in [2.05, 4.69) is 16.2 Å². The molecule has 8 nitrogen and oxygen atoms in total. The lowest BCUT2D eigenvalue weighted by Gasteiger charge is -2.38. The second-order valence-electron chi connectivity index (χ2n) is 8.69. The molecule has 1 aromatic heterocycles. The minimum absolute atomic E-state index is 0.0596. The van der Waals surface area contributed by atoms with Crippen molar-refractivity contribution < 1.29 is 14.1 Å². The first-order chi connectivity index (χ1) is 13.8. The van der Waals surface area contributed by atoms with E-state index >= 15 is 0 Å². The molecule has 2 aliphatic rings. The monoisotopic (exact) mass is 395 g/mol. The number of carbonyl (C=O) groups is 1. The largest absolute Gasteiger partial charge is 0.444 e. The molecule has 1 atom stereocenters. The Kier molecular flexibility index (Phi) is 4.91. The quantitative estimate of drug-likeness (QED) is 0.787. The fraction of sp³-hybridized carbons (Fsp3) is 0.524. The minimum Gasteiger partial charge on any atom is -0.444 e. The molecule has 0 aliphatic carbocycles. The van der Waals surface area contributed by atoms with Gasteiger partial charge in [0.1, 0.15) is 5.60 Å². The molecule has 2 aromatic rings. The van der Waals surface area contributed by atoms with Crippen molar-refractivity contribution in [3.63, 3.8) is 0 Å². The molecule has 1 amide bonds. The first kappa shape index (κ1) is 19.2. The molecule has 29 heavy (non-hydrogen) atoms. The van der Waals surface area contributed by atoms with Gasteiger partial charge in [-0.1, -0.05) is 17.3 Å². The number of ether oxygens (including phenoxy) is 1. The van der Waals surface area contributed by atoms with Crippen molar-refractivity contribution >= 4 is 12.1 Å². The lowest BCUT2D eigenvalue weighted by molar-refractivity contribution is 0.0292. The van der Waals surface area contributed by atoms with Crippen LogP contribution in [0, 0.1) is 11.3 Å². The molecule has 2 fully saturated rings. The number of benzene rings is 1. The number of nitrogens with zero attached hydrogens (tertiary/aromatic N) is 5. The van der Waals surface area contributed by atoms with E-state index in [9.17, 15) is 4.79 Å². The number of nitriles is 1. The van der Waals surface area contributed by atoms with Crippen molar-refractivity contribution in [2.24, 2.45) is 0 Å². The zero-order chi connectivity index (χ0) is 20.6. The van der Waals surface area contributed by atoms with Crippen LogP contribution >= 0.6 is 0 Å². The highest BCUT2D eigenvalue weighted by atomic mass is 16.6. The van der Waals surface area contributed by atoms with Crippen LogP contribution in [0.3, 0.4) is 0 Å². The lowest BCUT2D eigenvalue weighted by Crippen LogP contribution is -2.45. The number of hydrogen-bond donors (Lipinski definition) is 0. The molecule has 1 unspecified atom stereocenters. The maximum atomic E-state index is 12.2. The summed E-state index contributed by atoms with van der Waals surface area (Å²) >= 11 is 0. The topological polar surface area (TPSA) is 95.5 Å². The van der Waals surface area contributed by atoms with Gasteiger partial charge in [0.2, 0.25) is 0 Å². The number of carbonyl (C=O) groups excluding carboxylic acids is 1. The summed E-state index contributed by atoms with van der Waals surface area (Å²) in [4.78, 5) is 20.5. The number of hydrogen-bond acceptors (Lipinski definition) is 7. The summed E-state index contributed by atoms with van der Waals surface area (Å²) in [6.07, 6.45) is 0.496. The highest BCUT2D eigenvalue weighted by molar-refractivity contribution is 5.68. The molecule has 0 saturated carbocycles. The van der Waals surface area contributed by atoms with Gasteiger partial charge in [0, 0.05) is 38.0 Å². The number of rotatable bonds is 3. The number of anilines is 1. The van der Waals surface area contributed by atoms with Crippen LogP contribution in [0.25, 0.3) is 0 Å². The van der Waals surface area contributed by atoms with E-state index in [1.165, 1.54) is 0 Å². The van der Waals surface area contributed by atoms with Gasteiger partial charge in [0.05, 0.1) is 11.6 Å². The summed E-state index contributed by atoms with van der Waals surface area (Å²) in [7, 11) is 0. The standard InChI is InChI=1S/C21H25N5O3/c1-21(2,3)28-20(27)25-8-7-16(11-25)18-23-19(29-24-18)26-12-17(13-26)15-6-4-5-14(9-15)10-22/h4-6,9,16-17H,7-8,11-13H2,1-3H3. The third kappa shape index (κ3) is 4.19. The van der Waals surface area contributed by atoms with Gasteiger partial charge in [-0.25, -0.2) is 4.79 Å². The zero-order valence-corrected chi connectivity index (χ0v) is 17.0. The molecule has 0 radical (unpaired) electrons. The fourth-order valence-corrected chi connectivity index (χ4v) is 3.69. The second-order valence-corrected chi connectivity index (χ2v) is 8.69. The maximum Gasteiger partial charge on any atom is 0.410 e. The minimum atomic E-state index is -0.505. The van der Waals surface area contributed by atoms with Gasteiger partial charge in [-0.2, -0.15) is 10.2 Å². The second kappa shape index (κ2) is 7.39. The molecular weight excluding hydrogens is 370 g/mol. The Morgan fingerprint density at radius 2 is 2.07 bits per heavy atom. The van der Waals surface area contributed by atoms with Crippen LogP contribution in [-0.4, -0.2) is 52.9 Å². The molecule has 2 aliphatic heterocycles. The highest BCUT2D eigenvalue weighted by Crippen LogP contribution is 2.33. The highest BCUT2D eigenvalue weighted by Gasteiger charge is 2.35. The van der Waals surface area contributed by atoms with Gasteiger partial charge in [-0.05, 0) is 44.9 Å². The average Bonchev–Trinajstić information content (AvgIpc) is 3.29. The van der Waals surface area contributed by atoms with E-state index in [0.29, 0.717) is 36.4 Å². The number of aromatic nitrogens is 2. The van der Waals surface area contributed by atoms with Crippen LogP contribution < -0.4 is 4.90 Å². The van der Waals surface area contributed by atoms with Gasteiger partial charge in [-0.15, -0.1) is 0 Å². The number of amides is 1. The van der Waals surface area contributed by atoms with Gasteiger partial charge < -0.3 is 19.1 Å². The van der Waals surface area contributed by atoms with Gasteiger partial charge in [0.15, 0.2) is 5.82 Å². The van der Waals surface area contributed by atoms with Crippen molar-refractivity contribution in [3.05, 3.63) is 41.2 Å². The Bertz CT molecular complexity index is 936. The Morgan fingerprint density at radius 3 is 2.79 bits per heavy atom. The van der Waals surface area contributed by atoms with Crippen LogP contribution in [0.15, 0.2) is 28.8 Å². The van der Waals surface area contributed by atoms with E-state index in [1.54, 1.807) is 4.90 Å². The SMILES string of the molecule is CC(C)(C)OC(=O)N1CCC(c2noc(N3CC(c4cccc(C#N)c4)C3)n2)C1. The summed E-state index contributed by atoms with van der Waals surface area (Å²) in [6.45, 7) is 8.32. The smallest absolute Gasteiger partial charge is 0.410 e. The summed E-state index contributed by atoms with van der Waals surface area (Å²) in [5, 5.41) is 13.2. The first-order valence-electron chi connectivity index (χ1n) is 9.89. The molecule has 4 rings (SSSR count). The fourth-order valence-electron chi connectivity index (χ4n) is 3.69. The molecule has 2 saturated heterocycles. The van der Waals surface area contributed by atoms with E-state index in [0.717, 1.165) is 25.1 Å². The molecule has 0 bridgehead atoms. The Labute approximate surface area is 170 Å². The van der Waals surface area contributed by atoms with E-state index in [-0.39, 0.29) is 12.0 Å². The van der Waals surface area contributed by atoms with Gasteiger partial charge >= 0.3 is 12.1 Å². The first-order valence-corrected chi connectivity index (χ1v) is 9.89. The summed E-state index contributed by atoms with van der Waals surface area (Å²) < 4.78 is 10.9. The van der Waals surface area contributed by atoms with E-state index in [1.807, 2.05) is 49.9 Å². The molecule has 0 N–H and O–H groups in total. The molecule has 8 heteroatoms. The van der Waals surface area contributed by atoms with Crippen LogP contribution in [0.1, 0.15) is 56.0 Å². The van der Waals surface area contributed by atoms with Crippen molar-refractivity contribution in [2.75, 3.05) is 31.1 Å². The third-order valence-electron chi connectivity index (χ3n) is 5.28. The molecule has 152 valence electrons. The van der Waals surface area contributed by atoms with Crippen LogP contribution in [0.5, 0.6) is 0 Å². The summed E-state index contributed by atoms with van der Waals surface area (Å²) in [6, 6.07) is 10.4. The summed E-state index contributed by atoms with van der Waals surface area (Å²) in [5.74, 6) is 1.05. The molecule has 3 heterocycles. The van der Waals surface area contributed by atoms with Crippen molar-refractivity contribution in [1.82, 2.24) is 15.0 Å². The Hall–Kier alpha value is -3.08. The summed E-state index contributed by atoms with van der Waals surface area (Å²) in [5.41, 5.74) is 1.33. The van der Waals surface area contributed by atoms with Gasteiger partial charge in [-0.3, -0.25) is 0 Å². The van der Waals surface area contributed by atoms with Crippen molar-refractivity contribution in [3.8, 4) is 6.07 Å². The predicted octanol–water partition coefficient (Wildman–Crippen LogP) is 3.27. The molecule has 0 spiro atoms. The van der Waals surface area contributed by atoms with E-state index in [4.69, 9.17) is 14.5 Å².